The number of carbonyl (C=O) groups is 1. The zero-order valence-electron chi connectivity index (χ0n) is 15.3. The van der Waals surface area contributed by atoms with Crippen molar-refractivity contribution in [2.45, 2.75) is 38.5 Å². The Bertz CT molecular complexity index is 936. The first-order chi connectivity index (χ1) is 12.3. The minimum atomic E-state index is -3.64. The Labute approximate surface area is 155 Å². The number of aryl methyl sites for hydroxylation is 2. The summed E-state index contributed by atoms with van der Waals surface area (Å²) in [5.74, 6) is 0.490. The van der Waals surface area contributed by atoms with Gasteiger partial charge in [-0.3, -0.25) is 9.52 Å². The lowest BCUT2D eigenvalue weighted by molar-refractivity contribution is -0.119. The third-order valence-corrected chi connectivity index (χ3v) is 5.76. The molecule has 2 aromatic rings. The van der Waals surface area contributed by atoms with Gasteiger partial charge in [-0.05, 0) is 60.7 Å². The van der Waals surface area contributed by atoms with E-state index in [-0.39, 0.29) is 10.8 Å². The Morgan fingerprint density at radius 3 is 2.58 bits per heavy atom. The second-order valence-electron chi connectivity index (χ2n) is 7.16. The average Bonchev–Trinajstić information content (AvgIpc) is 2.57. The molecule has 3 rings (SSSR count). The average molecular weight is 372 g/mol. The van der Waals surface area contributed by atoms with Crippen LogP contribution >= 0.6 is 0 Å². The topological polar surface area (TPSA) is 66.5 Å². The van der Waals surface area contributed by atoms with Gasteiger partial charge in [0.15, 0.2) is 0 Å². The fourth-order valence-corrected chi connectivity index (χ4v) is 4.34. The van der Waals surface area contributed by atoms with Crippen molar-refractivity contribution in [2.75, 3.05) is 16.2 Å². The maximum Gasteiger partial charge on any atom is 0.261 e. The molecular weight excluding hydrogens is 348 g/mol. The van der Waals surface area contributed by atoms with Crippen molar-refractivity contribution in [3.05, 3.63) is 53.6 Å². The van der Waals surface area contributed by atoms with Gasteiger partial charge in [0.05, 0.1) is 4.90 Å². The number of anilines is 2. The van der Waals surface area contributed by atoms with E-state index in [0.717, 1.165) is 16.8 Å². The number of nitrogens with one attached hydrogen (secondary N) is 1. The Morgan fingerprint density at radius 2 is 1.88 bits per heavy atom. The van der Waals surface area contributed by atoms with Gasteiger partial charge < -0.3 is 4.90 Å². The first kappa shape index (κ1) is 18.5. The number of hydrogen-bond donors (Lipinski definition) is 1. The lowest BCUT2D eigenvalue weighted by Crippen LogP contribution is -2.37. The van der Waals surface area contributed by atoms with E-state index < -0.39 is 10.0 Å². The van der Waals surface area contributed by atoms with Gasteiger partial charge in [-0.15, -0.1) is 0 Å². The van der Waals surface area contributed by atoms with Gasteiger partial charge in [0, 0.05) is 24.3 Å². The van der Waals surface area contributed by atoms with Crippen molar-refractivity contribution in [2.24, 2.45) is 5.92 Å². The minimum absolute atomic E-state index is 0.124. The number of benzene rings is 2. The molecule has 6 heteroatoms. The summed E-state index contributed by atoms with van der Waals surface area (Å²) in [6.45, 7) is 6.68. The molecule has 5 nitrogen and oxygen atoms in total. The second-order valence-corrected chi connectivity index (χ2v) is 8.85. The number of fused-ring (bicyclic) bond motifs is 1. The van der Waals surface area contributed by atoms with Gasteiger partial charge in [0.1, 0.15) is 0 Å². The highest BCUT2D eigenvalue weighted by molar-refractivity contribution is 7.92. The van der Waals surface area contributed by atoms with Crippen molar-refractivity contribution in [1.29, 1.82) is 0 Å². The Morgan fingerprint density at radius 1 is 1.12 bits per heavy atom. The van der Waals surface area contributed by atoms with Crippen LogP contribution in [0.4, 0.5) is 11.4 Å². The molecule has 0 atom stereocenters. The molecule has 0 aliphatic carbocycles. The summed E-state index contributed by atoms with van der Waals surface area (Å²) >= 11 is 0. The minimum Gasteiger partial charge on any atom is -0.312 e. The van der Waals surface area contributed by atoms with Crippen LogP contribution in [0.5, 0.6) is 0 Å². The van der Waals surface area contributed by atoms with E-state index in [1.54, 1.807) is 24.3 Å². The first-order valence-electron chi connectivity index (χ1n) is 8.79. The summed E-state index contributed by atoms with van der Waals surface area (Å²) in [7, 11) is -3.64. The highest BCUT2D eigenvalue weighted by Crippen LogP contribution is 2.31. The molecular formula is C20H24N2O3S. The predicted octanol–water partition coefficient (Wildman–Crippen LogP) is 3.73. The van der Waals surface area contributed by atoms with E-state index in [9.17, 15) is 13.2 Å². The molecule has 1 heterocycles. The summed E-state index contributed by atoms with van der Waals surface area (Å²) in [6, 6.07) is 12.2. The summed E-state index contributed by atoms with van der Waals surface area (Å²) in [5.41, 5.74) is 3.29. The lowest BCUT2D eigenvalue weighted by Gasteiger charge is -2.31. The van der Waals surface area contributed by atoms with E-state index in [1.807, 2.05) is 30.0 Å². The highest BCUT2D eigenvalue weighted by atomic mass is 32.2. The van der Waals surface area contributed by atoms with E-state index in [1.165, 1.54) is 0 Å². The molecule has 138 valence electrons. The molecule has 2 aromatic carbocycles. The van der Waals surface area contributed by atoms with Crippen LogP contribution in [0, 0.1) is 12.8 Å². The Balaban J connectivity index is 1.88. The first-order valence-corrected chi connectivity index (χ1v) is 10.3. The smallest absolute Gasteiger partial charge is 0.261 e. The van der Waals surface area contributed by atoms with Gasteiger partial charge in [0.2, 0.25) is 5.91 Å². The molecule has 26 heavy (non-hydrogen) atoms. The second kappa shape index (κ2) is 7.11. The summed E-state index contributed by atoms with van der Waals surface area (Å²) < 4.78 is 27.9. The maximum absolute atomic E-state index is 12.6. The van der Waals surface area contributed by atoms with Crippen molar-refractivity contribution >= 4 is 27.3 Å². The van der Waals surface area contributed by atoms with Crippen LogP contribution in [0.25, 0.3) is 0 Å². The van der Waals surface area contributed by atoms with Gasteiger partial charge >= 0.3 is 0 Å². The third-order valence-electron chi connectivity index (χ3n) is 4.38. The number of rotatable bonds is 5. The number of hydrogen-bond acceptors (Lipinski definition) is 3. The van der Waals surface area contributed by atoms with Crippen molar-refractivity contribution in [1.82, 2.24) is 0 Å². The van der Waals surface area contributed by atoms with Crippen LogP contribution in [-0.4, -0.2) is 20.9 Å². The van der Waals surface area contributed by atoms with Crippen LogP contribution in [0.2, 0.25) is 0 Å². The normalized spacial score (nSPS) is 14.5. The van der Waals surface area contributed by atoms with Crippen LogP contribution in [0.1, 0.15) is 31.4 Å². The van der Waals surface area contributed by atoms with E-state index in [4.69, 9.17) is 0 Å². The van der Waals surface area contributed by atoms with Crippen LogP contribution < -0.4 is 9.62 Å². The maximum atomic E-state index is 12.6. The summed E-state index contributed by atoms with van der Waals surface area (Å²) in [4.78, 5) is 14.3. The number of nitrogens with zero attached hydrogens (tertiary/aromatic N) is 1. The molecule has 0 saturated carbocycles. The molecule has 1 aliphatic heterocycles. The third kappa shape index (κ3) is 3.90. The van der Waals surface area contributed by atoms with Crippen molar-refractivity contribution < 1.29 is 13.2 Å². The molecule has 0 radical (unpaired) electrons. The Hall–Kier alpha value is -2.34. The lowest BCUT2D eigenvalue weighted by atomic mass is 9.99. The molecule has 1 aliphatic rings. The number of amides is 1. The number of sulfonamides is 1. The van der Waals surface area contributed by atoms with E-state index in [2.05, 4.69) is 18.6 Å². The quantitative estimate of drug-likeness (QED) is 0.870. The van der Waals surface area contributed by atoms with Crippen LogP contribution in [0.15, 0.2) is 47.4 Å². The Kier molecular flexibility index (Phi) is 5.05. The summed E-state index contributed by atoms with van der Waals surface area (Å²) in [6.07, 6.45) is 1.08. The van der Waals surface area contributed by atoms with E-state index in [0.29, 0.717) is 31.0 Å². The monoisotopic (exact) mass is 372 g/mol. The molecule has 0 unspecified atom stereocenters. The fourth-order valence-electron chi connectivity index (χ4n) is 3.19. The molecule has 1 amide bonds. The van der Waals surface area contributed by atoms with E-state index >= 15 is 0 Å². The zero-order chi connectivity index (χ0) is 18.9. The van der Waals surface area contributed by atoms with Crippen molar-refractivity contribution in [3.63, 3.8) is 0 Å². The summed E-state index contributed by atoms with van der Waals surface area (Å²) in [5, 5.41) is 0. The van der Waals surface area contributed by atoms with Gasteiger partial charge in [-0.2, -0.15) is 0 Å². The molecule has 0 spiro atoms. The SMILES string of the molecule is Cc1cccc(S(=O)(=O)Nc2ccc3c(c2)CCC(=O)N3CC(C)C)c1. The van der Waals surface area contributed by atoms with Crippen LogP contribution in [-0.2, 0) is 21.2 Å². The highest BCUT2D eigenvalue weighted by Gasteiger charge is 2.25. The molecule has 1 N–H and O–H groups in total. The fraction of sp³-hybridized carbons (Fsp3) is 0.350. The molecule has 0 aromatic heterocycles. The predicted molar refractivity (Wildman–Crippen MR) is 104 cm³/mol. The standard InChI is InChI=1S/C20H24N2O3S/c1-14(2)13-22-19-9-8-17(12-16(19)7-10-20(22)23)21-26(24,25)18-6-4-5-15(3)11-18/h4-6,8-9,11-12,14,21H,7,10,13H2,1-3H3. The molecule has 0 fully saturated rings. The largest absolute Gasteiger partial charge is 0.312 e. The van der Waals surface area contributed by atoms with Gasteiger partial charge in [0.25, 0.3) is 10.0 Å². The van der Waals surface area contributed by atoms with Gasteiger partial charge in [-0.25, -0.2) is 8.42 Å². The molecule has 0 saturated heterocycles. The molecule has 0 bridgehead atoms. The van der Waals surface area contributed by atoms with Crippen LogP contribution in [0.3, 0.4) is 0 Å². The van der Waals surface area contributed by atoms with Gasteiger partial charge in [-0.1, -0.05) is 26.0 Å². The number of carbonyl (C=O) groups excluding carboxylic acids is 1. The van der Waals surface area contributed by atoms with Crippen molar-refractivity contribution in [3.8, 4) is 0 Å². The zero-order valence-corrected chi connectivity index (χ0v) is 16.1.